The first-order chi connectivity index (χ1) is 14.3. The zero-order chi connectivity index (χ0) is 22.1. The van der Waals surface area contributed by atoms with Gasteiger partial charge in [0.2, 0.25) is 17.7 Å². The van der Waals surface area contributed by atoms with Gasteiger partial charge in [0.15, 0.2) is 0 Å². The molecule has 2 atom stereocenters. The molecule has 1 aromatic carbocycles. The number of nitrogens with one attached hydrogen (secondary N) is 2. The van der Waals surface area contributed by atoms with E-state index < -0.39 is 29.9 Å². The topological polar surface area (TPSA) is 139 Å². The zero-order valence-corrected chi connectivity index (χ0v) is 17.4. The maximum Gasteiger partial charge on any atom is 0.303 e. The highest BCUT2D eigenvalue weighted by atomic mass is 32.1. The van der Waals surface area contributed by atoms with Crippen molar-refractivity contribution in [3.63, 3.8) is 0 Å². The number of aliphatic carboxylic acids is 1. The third-order valence-electron chi connectivity index (χ3n) is 4.48. The molecule has 3 amide bonds. The first kappa shape index (κ1) is 23.1. The van der Waals surface area contributed by atoms with Crippen molar-refractivity contribution in [1.82, 2.24) is 10.6 Å². The monoisotopic (exact) mass is 431 g/mol. The standard InChI is InChI=1S/C21H25N3O5S/c1-13(20(22)28)23-21(29)16(9-11-19(26)27)24-18(25)10-6-14-4-7-15(8-5-14)17-3-2-12-30-17/h2-5,7-8,12-13,16H,6,9-11H2,1H3,(H2,22,28)(H,23,29)(H,24,25)(H,26,27). The minimum absolute atomic E-state index is 0.0894. The van der Waals surface area contributed by atoms with Crippen LogP contribution in [0.3, 0.4) is 0 Å². The molecule has 0 saturated carbocycles. The molecule has 5 N–H and O–H groups in total. The van der Waals surface area contributed by atoms with Gasteiger partial charge in [0.25, 0.3) is 0 Å². The predicted octanol–water partition coefficient (Wildman–Crippen LogP) is 1.69. The number of hydrogen-bond donors (Lipinski definition) is 4. The molecular weight excluding hydrogens is 406 g/mol. The molecule has 1 aromatic heterocycles. The van der Waals surface area contributed by atoms with Crippen LogP contribution >= 0.6 is 11.3 Å². The lowest BCUT2D eigenvalue weighted by Gasteiger charge is -2.19. The quantitative estimate of drug-likeness (QED) is 0.429. The molecule has 0 fully saturated rings. The largest absolute Gasteiger partial charge is 0.481 e. The first-order valence-corrected chi connectivity index (χ1v) is 10.4. The lowest BCUT2D eigenvalue weighted by Crippen LogP contribution is -2.52. The SMILES string of the molecule is CC(NC(=O)C(CCC(=O)O)NC(=O)CCc1ccc(-c2cccs2)cc1)C(N)=O. The van der Waals surface area contributed by atoms with Gasteiger partial charge in [-0.2, -0.15) is 0 Å². The lowest BCUT2D eigenvalue weighted by molar-refractivity contribution is -0.138. The number of primary amides is 1. The molecule has 0 aliphatic carbocycles. The number of carbonyl (C=O) groups is 4. The molecule has 0 bridgehead atoms. The minimum atomic E-state index is -1.09. The van der Waals surface area contributed by atoms with Gasteiger partial charge in [0, 0.05) is 17.7 Å². The van der Waals surface area contributed by atoms with Crippen molar-refractivity contribution in [3.05, 3.63) is 47.3 Å². The zero-order valence-electron chi connectivity index (χ0n) is 16.6. The number of carboxylic acids is 1. The molecule has 9 heteroatoms. The van der Waals surface area contributed by atoms with Gasteiger partial charge in [0.1, 0.15) is 12.1 Å². The third kappa shape index (κ3) is 7.32. The second kappa shape index (κ2) is 11.1. The Morgan fingerprint density at radius 1 is 1.07 bits per heavy atom. The summed E-state index contributed by atoms with van der Waals surface area (Å²) in [4.78, 5) is 47.8. The molecular formula is C21H25N3O5S. The maximum atomic E-state index is 12.3. The summed E-state index contributed by atoms with van der Waals surface area (Å²) in [5.74, 6) is -2.83. The molecule has 0 spiro atoms. The van der Waals surface area contributed by atoms with Crippen LogP contribution in [0.4, 0.5) is 0 Å². The summed E-state index contributed by atoms with van der Waals surface area (Å²) in [5.41, 5.74) is 7.20. The number of rotatable bonds is 11. The van der Waals surface area contributed by atoms with Gasteiger partial charge in [0.05, 0.1) is 0 Å². The van der Waals surface area contributed by atoms with Gasteiger partial charge < -0.3 is 21.5 Å². The molecule has 30 heavy (non-hydrogen) atoms. The molecule has 0 radical (unpaired) electrons. The van der Waals surface area contributed by atoms with E-state index in [0.29, 0.717) is 6.42 Å². The van der Waals surface area contributed by atoms with Gasteiger partial charge in [-0.25, -0.2) is 0 Å². The fraction of sp³-hybridized carbons (Fsp3) is 0.333. The summed E-state index contributed by atoms with van der Waals surface area (Å²) in [6.45, 7) is 1.41. The van der Waals surface area contributed by atoms with Gasteiger partial charge in [-0.15, -0.1) is 11.3 Å². The Bertz CT molecular complexity index is 881. The number of amides is 3. The van der Waals surface area contributed by atoms with Gasteiger partial charge in [-0.3, -0.25) is 19.2 Å². The van der Waals surface area contributed by atoms with Gasteiger partial charge >= 0.3 is 5.97 Å². The van der Waals surface area contributed by atoms with Crippen molar-refractivity contribution in [2.24, 2.45) is 5.73 Å². The highest BCUT2D eigenvalue weighted by molar-refractivity contribution is 7.13. The first-order valence-electron chi connectivity index (χ1n) is 9.50. The lowest BCUT2D eigenvalue weighted by atomic mass is 10.1. The number of nitrogens with two attached hydrogens (primary N) is 1. The number of hydrogen-bond acceptors (Lipinski definition) is 5. The van der Waals surface area contributed by atoms with E-state index in [1.807, 2.05) is 41.8 Å². The Morgan fingerprint density at radius 3 is 2.33 bits per heavy atom. The smallest absolute Gasteiger partial charge is 0.303 e. The molecule has 2 rings (SSSR count). The van der Waals surface area contributed by atoms with Crippen molar-refractivity contribution in [2.45, 2.75) is 44.7 Å². The van der Waals surface area contributed by atoms with E-state index in [1.54, 1.807) is 11.3 Å². The van der Waals surface area contributed by atoms with Crippen LogP contribution < -0.4 is 16.4 Å². The van der Waals surface area contributed by atoms with E-state index in [0.717, 1.165) is 16.0 Å². The van der Waals surface area contributed by atoms with E-state index in [2.05, 4.69) is 10.6 Å². The highest BCUT2D eigenvalue weighted by Crippen LogP contribution is 2.24. The Balaban J connectivity index is 1.91. The number of thiophene rings is 1. The van der Waals surface area contributed by atoms with Crippen molar-refractivity contribution in [1.29, 1.82) is 0 Å². The molecule has 2 unspecified atom stereocenters. The minimum Gasteiger partial charge on any atom is -0.481 e. The average molecular weight is 432 g/mol. The fourth-order valence-corrected chi connectivity index (χ4v) is 3.46. The van der Waals surface area contributed by atoms with E-state index in [1.165, 1.54) is 6.92 Å². The third-order valence-corrected chi connectivity index (χ3v) is 5.40. The highest BCUT2D eigenvalue weighted by Gasteiger charge is 2.24. The van der Waals surface area contributed by atoms with Crippen LogP contribution in [-0.4, -0.2) is 40.9 Å². The van der Waals surface area contributed by atoms with E-state index in [9.17, 15) is 19.2 Å². The second-order valence-corrected chi connectivity index (χ2v) is 7.81. The molecule has 2 aromatic rings. The molecule has 0 saturated heterocycles. The summed E-state index contributed by atoms with van der Waals surface area (Å²) in [5, 5.41) is 15.8. The Hall–Kier alpha value is -3.20. The normalized spacial score (nSPS) is 12.6. The maximum absolute atomic E-state index is 12.3. The molecule has 0 aliphatic rings. The number of benzene rings is 1. The van der Waals surface area contributed by atoms with E-state index in [4.69, 9.17) is 10.8 Å². The van der Waals surface area contributed by atoms with Crippen LogP contribution in [0.15, 0.2) is 41.8 Å². The summed E-state index contributed by atoms with van der Waals surface area (Å²) in [6, 6.07) is 9.92. The Kier molecular flexibility index (Phi) is 8.54. The van der Waals surface area contributed by atoms with Crippen molar-refractivity contribution < 1.29 is 24.3 Å². The molecule has 160 valence electrons. The number of carboxylic acid groups (broad SMARTS) is 1. The van der Waals surface area contributed by atoms with Crippen LogP contribution in [0.5, 0.6) is 0 Å². The van der Waals surface area contributed by atoms with Crippen LogP contribution in [-0.2, 0) is 25.6 Å². The van der Waals surface area contributed by atoms with Crippen molar-refractivity contribution >= 4 is 35.0 Å². The van der Waals surface area contributed by atoms with Crippen LogP contribution in [0.1, 0.15) is 31.7 Å². The summed E-state index contributed by atoms with van der Waals surface area (Å²) in [7, 11) is 0. The molecule has 0 aliphatic heterocycles. The second-order valence-electron chi connectivity index (χ2n) is 6.86. The summed E-state index contributed by atoms with van der Waals surface area (Å²) < 4.78 is 0. The average Bonchev–Trinajstić information content (AvgIpc) is 3.24. The van der Waals surface area contributed by atoms with Crippen molar-refractivity contribution in [3.8, 4) is 10.4 Å². The van der Waals surface area contributed by atoms with E-state index in [-0.39, 0.29) is 25.2 Å². The Labute approximate surface area is 178 Å². The fourth-order valence-electron chi connectivity index (χ4n) is 2.72. The van der Waals surface area contributed by atoms with Crippen LogP contribution in [0.25, 0.3) is 10.4 Å². The van der Waals surface area contributed by atoms with Gasteiger partial charge in [-0.05, 0) is 42.3 Å². The molecule has 8 nitrogen and oxygen atoms in total. The Morgan fingerprint density at radius 2 is 1.77 bits per heavy atom. The predicted molar refractivity (Wildman–Crippen MR) is 114 cm³/mol. The molecule has 1 heterocycles. The number of aryl methyl sites for hydroxylation is 1. The van der Waals surface area contributed by atoms with Crippen molar-refractivity contribution in [2.75, 3.05) is 0 Å². The van der Waals surface area contributed by atoms with E-state index >= 15 is 0 Å². The van der Waals surface area contributed by atoms with Crippen LogP contribution in [0.2, 0.25) is 0 Å². The summed E-state index contributed by atoms with van der Waals surface area (Å²) in [6.07, 6.45) is 0.226. The summed E-state index contributed by atoms with van der Waals surface area (Å²) >= 11 is 1.65. The van der Waals surface area contributed by atoms with Crippen LogP contribution in [0, 0.1) is 0 Å². The number of carbonyl (C=O) groups excluding carboxylic acids is 3. The van der Waals surface area contributed by atoms with Gasteiger partial charge in [-0.1, -0.05) is 30.3 Å².